The summed E-state index contributed by atoms with van der Waals surface area (Å²) in [6.45, 7) is 7.60. The van der Waals surface area contributed by atoms with Gasteiger partial charge < -0.3 is 14.4 Å². The van der Waals surface area contributed by atoms with Gasteiger partial charge in [-0.1, -0.05) is 32.9 Å². The van der Waals surface area contributed by atoms with E-state index in [1.807, 2.05) is 24.3 Å². The number of benzene rings is 2. The van der Waals surface area contributed by atoms with Crippen molar-refractivity contribution in [1.29, 1.82) is 0 Å². The maximum atomic E-state index is 13.4. The highest BCUT2D eigenvalue weighted by Crippen LogP contribution is 2.29. The monoisotopic (exact) mass is 488 g/mol. The summed E-state index contributed by atoms with van der Waals surface area (Å²) < 4.78 is 40.3. The zero-order valence-corrected chi connectivity index (χ0v) is 21.5. The Bertz CT molecular complexity index is 1070. The Morgan fingerprint density at radius 2 is 1.71 bits per heavy atom. The van der Waals surface area contributed by atoms with Crippen LogP contribution in [0, 0.1) is 11.8 Å². The second-order valence-electron chi connectivity index (χ2n) is 9.41. The molecule has 2 aromatic rings. The molecule has 0 bridgehead atoms. The quantitative estimate of drug-likeness (QED) is 0.556. The number of carbonyl (C=O) groups is 1. The molecule has 0 radical (unpaired) electrons. The largest absolute Gasteiger partial charge is 0.497 e. The Morgan fingerprint density at radius 3 is 2.26 bits per heavy atom. The fraction of sp³-hybridized carbons (Fsp3) is 0.500. The fourth-order valence-electron chi connectivity index (χ4n) is 4.22. The summed E-state index contributed by atoms with van der Waals surface area (Å²) in [5, 5.41) is 0. The van der Waals surface area contributed by atoms with Crippen LogP contribution in [0.3, 0.4) is 0 Å². The highest BCUT2D eigenvalue weighted by Gasteiger charge is 2.27. The number of rotatable bonds is 9. The molecule has 8 heteroatoms. The fourth-order valence-corrected chi connectivity index (χ4v) is 5.48. The van der Waals surface area contributed by atoms with Crippen molar-refractivity contribution in [2.24, 2.45) is 11.8 Å². The van der Waals surface area contributed by atoms with Gasteiger partial charge in [-0.2, -0.15) is 0 Å². The minimum atomic E-state index is -3.90. The molecular weight excluding hydrogens is 452 g/mol. The Balaban J connectivity index is 1.90. The van der Waals surface area contributed by atoms with E-state index < -0.39 is 16.1 Å². The predicted octanol–water partition coefficient (Wildman–Crippen LogP) is 4.64. The van der Waals surface area contributed by atoms with E-state index in [0.717, 1.165) is 18.4 Å². The molecule has 34 heavy (non-hydrogen) atoms. The summed E-state index contributed by atoms with van der Waals surface area (Å²) in [6, 6.07) is 11.4. The number of likely N-dealkylation sites (tertiary alicyclic amines) is 1. The van der Waals surface area contributed by atoms with E-state index in [0.29, 0.717) is 36.9 Å². The van der Waals surface area contributed by atoms with E-state index in [1.54, 1.807) is 18.1 Å². The van der Waals surface area contributed by atoms with Crippen LogP contribution in [-0.2, 0) is 10.0 Å². The zero-order chi connectivity index (χ0) is 24.9. The third-order valence-corrected chi connectivity index (χ3v) is 7.77. The van der Waals surface area contributed by atoms with Crippen LogP contribution in [0.5, 0.6) is 11.5 Å². The SMILES string of the molecule is COc1ccc([C@H](CC(C)C)NS(=O)(=O)c2ccc(OC)c(C(=O)N3CCC(C)CC3)c2)cc1. The molecule has 1 aliphatic heterocycles. The number of hydrogen-bond acceptors (Lipinski definition) is 5. The molecule has 1 atom stereocenters. The third kappa shape index (κ3) is 6.30. The molecule has 3 rings (SSSR count). The summed E-state index contributed by atoms with van der Waals surface area (Å²) in [5.41, 5.74) is 1.12. The molecule has 1 saturated heterocycles. The van der Waals surface area contributed by atoms with Crippen molar-refractivity contribution in [3.05, 3.63) is 53.6 Å². The van der Waals surface area contributed by atoms with Crippen molar-refractivity contribution in [2.45, 2.75) is 51.0 Å². The first-order chi connectivity index (χ1) is 16.1. The van der Waals surface area contributed by atoms with Crippen LogP contribution in [0.15, 0.2) is 47.4 Å². The van der Waals surface area contributed by atoms with Crippen LogP contribution in [-0.4, -0.2) is 46.5 Å². The van der Waals surface area contributed by atoms with Gasteiger partial charge in [0.15, 0.2) is 0 Å². The van der Waals surface area contributed by atoms with E-state index in [1.165, 1.54) is 19.2 Å². The standard InChI is InChI=1S/C26H36N2O5S/c1-18(2)16-24(20-6-8-21(32-4)9-7-20)27-34(30,31)22-10-11-25(33-5)23(17-22)26(29)28-14-12-19(3)13-15-28/h6-11,17-19,24,27H,12-16H2,1-5H3/t24-/m0/s1. The van der Waals surface area contributed by atoms with E-state index >= 15 is 0 Å². The van der Waals surface area contributed by atoms with Crippen LogP contribution in [0.2, 0.25) is 0 Å². The van der Waals surface area contributed by atoms with Crippen LogP contribution < -0.4 is 14.2 Å². The summed E-state index contributed by atoms with van der Waals surface area (Å²) >= 11 is 0. The number of piperidine rings is 1. The predicted molar refractivity (Wildman–Crippen MR) is 133 cm³/mol. The van der Waals surface area contributed by atoms with E-state index in [2.05, 4.69) is 25.5 Å². The van der Waals surface area contributed by atoms with Crippen LogP contribution in [0.4, 0.5) is 0 Å². The average molecular weight is 489 g/mol. The lowest BCUT2D eigenvalue weighted by atomic mass is 9.98. The van der Waals surface area contributed by atoms with Gasteiger partial charge in [-0.05, 0) is 67.0 Å². The van der Waals surface area contributed by atoms with Gasteiger partial charge >= 0.3 is 0 Å². The molecule has 0 saturated carbocycles. The first-order valence-electron chi connectivity index (χ1n) is 11.8. The molecular formula is C26H36N2O5S. The number of nitrogens with zero attached hydrogens (tertiary/aromatic N) is 1. The summed E-state index contributed by atoms with van der Waals surface area (Å²) in [5.74, 6) is 1.73. The Morgan fingerprint density at radius 1 is 1.06 bits per heavy atom. The van der Waals surface area contributed by atoms with Gasteiger partial charge in [0.05, 0.1) is 24.7 Å². The van der Waals surface area contributed by atoms with Crippen molar-refractivity contribution < 1.29 is 22.7 Å². The molecule has 1 fully saturated rings. The average Bonchev–Trinajstić information content (AvgIpc) is 2.83. The minimum absolute atomic E-state index is 0.0456. The lowest BCUT2D eigenvalue weighted by molar-refractivity contribution is 0.0693. The number of carbonyl (C=O) groups excluding carboxylic acids is 1. The summed E-state index contributed by atoms with van der Waals surface area (Å²) in [4.78, 5) is 15.1. The second kappa shape index (κ2) is 11.2. The molecule has 2 aromatic carbocycles. The van der Waals surface area contributed by atoms with E-state index in [4.69, 9.17) is 9.47 Å². The van der Waals surface area contributed by atoms with Crippen molar-refractivity contribution in [2.75, 3.05) is 27.3 Å². The van der Waals surface area contributed by atoms with E-state index in [-0.39, 0.29) is 22.3 Å². The molecule has 0 spiro atoms. The summed E-state index contributed by atoms with van der Waals surface area (Å²) in [6.07, 6.45) is 2.50. The molecule has 0 unspecified atom stereocenters. The maximum absolute atomic E-state index is 13.4. The molecule has 1 heterocycles. The number of hydrogen-bond donors (Lipinski definition) is 1. The third-order valence-electron chi connectivity index (χ3n) is 6.31. The summed E-state index contributed by atoms with van der Waals surface area (Å²) in [7, 11) is -0.818. The Labute approximate surface area is 203 Å². The van der Waals surface area contributed by atoms with E-state index in [9.17, 15) is 13.2 Å². The number of methoxy groups -OCH3 is 2. The lowest BCUT2D eigenvalue weighted by Crippen LogP contribution is -2.38. The van der Waals surface area contributed by atoms with Crippen LogP contribution in [0.25, 0.3) is 0 Å². The minimum Gasteiger partial charge on any atom is -0.497 e. The van der Waals surface area contributed by atoms with Crippen molar-refractivity contribution in [3.8, 4) is 11.5 Å². The molecule has 1 N–H and O–H groups in total. The molecule has 186 valence electrons. The number of amides is 1. The maximum Gasteiger partial charge on any atom is 0.257 e. The van der Waals surface area contributed by atoms with Gasteiger partial charge in [0.2, 0.25) is 10.0 Å². The molecule has 0 aliphatic carbocycles. The number of ether oxygens (including phenoxy) is 2. The molecule has 1 aliphatic rings. The first-order valence-corrected chi connectivity index (χ1v) is 13.3. The van der Waals surface area contributed by atoms with Gasteiger partial charge in [-0.15, -0.1) is 0 Å². The smallest absolute Gasteiger partial charge is 0.257 e. The van der Waals surface area contributed by atoms with Gasteiger partial charge in [-0.25, -0.2) is 13.1 Å². The van der Waals surface area contributed by atoms with Gasteiger partial charge in [-0.3, -0.25) is 4.79 Å². The van der Waals surface area contributed by atoms with Gasteiger partial charge in [0, 0.05) is 19.1 Å². The topological polar surface area (TPSA) is 84.9 Å². The highest BCUT2D eigenvalue weighted by molar-refractivity contribution is 7.89. The molecule has 0 aromatic heterocycles. The van der Waals surface area contributed by atoms with Crippen LogP contribution in [0.1, 0.15) is 62.0 Å². The normalized spacial score (nSPS) is 15.9. The van der Waals surface area contributed by atoms with Crippen molar-refractivity contribution in [1.82, 2.24) is 9.62 Å². The van der Waals surface area contributed by atoms with Crippen LogP contribution >= 0.6 is 0 Å². The molecule has 1 amide bonds. The van der Waals surface area contributed by atoms with Crippen molar-refractivity contribution >= 4 is 15.9 Å². The molecule has 7 nitrogen and oxygen atoms in total. The Hall–Kier alpha value is -2.58. The van der Waals surface area contributed by atoms with Gasteiger partial charge in [0.25, 0.3) is 5.91 Å². The first kappa shape index (κ1) is 26.0. The van der Waals surface area contributed by atoms with Gasteiger partial charge in [0.1, 0.15) is 11.5 Å². The number of sulfonamides is 1. The van der Waals surface area contributed by atoms with Crippen molar-refractivity contribution in [3.63, 3.8) is 0 Å². The second-order valence-corrected chi connectivity index (χ2v) is 11.1. The lowest BCUT2D eigenvalue weighted by Gasteiger charge is -2.30. The number of nitrogens with one attached hydrogen (secondary N) is 1. The highest BCUT2D eigenvalue weighted by atomic mass is 32.2. The zero-order valence-electron chi connectivity index (χ0n) is 20.7. The Kier molecular flexibility index (Phi) is 8.60.